The van der Waals surface area contributed by atoms with Crippen LogP contribution in [-0.2, 0) is 9.53 Å². The van der Waals surface area contributed by atoms with Crippen molar-refractivity contribution < 1.29 is 14.3 Å². The maximum Gasteiger partial charge on any atom is 0.331 e. The molecule has 7 heteroatoms. The lowest BCUT2D eigenvalue weighted by molar-refractivity contribution is -0.138. The van der Waals surface area contributed by atoms with E-state index in [1.165, 1.54) is 0 Å². The number of amides is 2. The van der Waals surface area contributed by atoms with E-state index in [2.05, 4.69) is 15.5 Å². The van der Waals surface area contributed by atoms with Gasteiger partial charge in [-0.2, -0.15) is 0 Å². The summed E-state index contributed by atoms with van der Waals surface area (Å²) in [7, 11) is 0. The molecule has 1 heterocycles. The average Bonchev–Trinajstić information content (AvgIpc) is 2.28. The van der Waals surface area contributed by atoms with Crippen LogP contribution >= 0.6 is 0 Å². The molecular weight excluding hydrogens is 224 g/mol. The van der Waals surface area contributed by atoms with E-state index in [0.29, 0.717) is 6.47 Å². The molecular formula is C10H22N4O3. The lowest BCUT2D eigenvalue weighted by Gasteiger charge is -2.26. The molecule has 0 unspecified atom stereocenters. The summed E-state index contributed by atoms with van der Waals surface area (Å²) < 4.78 is 4.55. The number of hydrogen-bond acceptors (Lipinski definition) is 5. The average molecular weight is 246 g/mol. The summed E-state index contributed by atoms with van der Waals surface area (Å²) in [5.41, 5.74) is 1.78. The van der Waals surface area contributed by atoms with Crippen LogP contribution in [-0.4, -0.2) is 49.2 Å². The molecule has 7 nitrogen and oxygen atoms in total. The van der Waals surface area contributed by atoms with Crippen LogP contribution in [0.5, 0.6) is 0 Å². The number of carbonyl (C=O) groups is 2. The van der Waals surface area contributed by atoms with Crippen molar-refractivity contribution in [1.29, 1.82) is 0 Å². The number of rotatable bonds is 1. The molecule has 100 valence electrons. The maximum atomic E-state index is 10.8. The number of ether oxygens (including phenoxy) is 1. The number of piperazine rings is 1. The summed E-state index contributed by atoms with van der Waals surface area (Å²) >= 11 is 0. The fraction of sp³-hybridized carbons (Fsp3) is 0.800. The molecule has 0 aliphatic carbocycles. The van der Waals surface area contributed by atoms with Crippen molar-refractivity contribution in [2.75, 3.05) is 26.2 Å². The summed E-state index contributed by atoms with van der Waals surface area (Å²) in [6.45, 7) is 9.11. The van der Waals surface area contributed by atoms with Crippen molar-refractivity contribution in [3.63, 3.8) is 0 Å². The Morgan fingerprint density at radius 1 is 1.41 bits per heavy atom. The zero-order valence-corrected chi connectivity index (χ0v) is 10.7. The summed E-state index contributed by atoms with van der Waals surface area (Å²) in [5, 5.41) is 3.13. The number of carbonyl (C=O) groups excluding carboxylic acids is 2. The third kappa shape index (κ3) is 8.47. The predicted octanol–water partition coefficient (Wildman–Crippen LogP) is -0.567. The number of nitrogens with zero attached hydrogens (tertiary/aromatic N) is 1. The minimum absolute atomic E-state index is 0.193. The van der Waals surface area contributed by atoms with E-state index < -0.39 is 0 Å². The van der Waals surface area contributed by atoms with Gasteiger partial charge >= 0.3 is 6.03 Å². The first-order valence-corrected chi connectivity index (χ1v) is 5.48. The van der Waals surface area contributed by atoms with Gasteiger partial charge in [0.2, 0.25) is 0 Å². The fourth-order valence-electron chi connectivity index (χ4n) is 1.10. The minimum atomic E-state index is -0.318. The van der Waals surface area contributed by atoms with Gasteiger partial charge in [-0.1, -0.05) is 0 Å². The van der Waals surface area contributed by atoms with Gasteiger partial charge in [-0.15, -0.1) is 0 Å². The molecule has 1 aliphatic heterocycles. The van der Waals surface area contributed by atoms with Crippen LogP contribution in [0.4, 0.5) is 4.79 Å². The lowest BCUT2D eigenvalue weighted by atomic mass is 10.2. The van der Waals surface area contributed by atoms with Gasteiger partial charge in [0.05, 0.1) is 0 Å². The van der Waals surface area contributed by atoms with Crippen molar-refractivity contribution >= 4 is 12.5 Å². The number of nitrogens with two attached hydrogens (primary N) is 1. The van der Waals surface area contributed by atoms with Crippen molar-refractivity contribution in [3.8, 4) is 0 Å². The largest absolute Gasteiger partial charge is 0.462 e. The molecule has 1 rings (SSSR count). The van der Waals surface area contributed by atoms with Gasteiger partial charge < -0.3 is 15.0 Å². The van der Waals surface area contributed by atoms with E-state index in [4.69, 9.17) is 5.84 Å². The molecule has 1 fully saturated rings. The highest BCUT2D eigenvalue weighted by Gasteiger charge is 2.13. The minimum Gasteiger partial charge on any atom is -0.462 e. The second-order valence-corrected chi connectivity index (χ2v) is 4.51. The molecule has 0 atom stereocenters. The van der Waals surface area contributed by atoms with E-state index in [0.717, 1.165) is 26.2 Å². The lowest BCUT2D eigenvalue weighted by Crippen LogP contribution is -2.51. The molecule has 0 aromatic heterocycles. The van der Waals surface area contributed by atoms with Crippen LogP contribution in [0.2, 0.25) is 0 Å². The van der Waals surface area contributed by atoms with Crippen LogP contribution in [0.3, 0.4) is 0 Å². The second kappa shape index (κ2) is 7.86. The van der Waals surface area contributed by atoms with Crippen molar-refractivity contribution in [1.82, 2.24) is 15.6 Å². The van der Waals surface area contributed by atoms with Gasteiger partial charge in [0.25, 0.3) is 6.47 Å². The van der Waals surface area contributed by atoms with Crippen LogP contribution in [0.25, 0.3) is 0 Å². The standard InChI is InChI=1S/C5H12N4O.C5H10O2/c6-8-5(10)9-3-1-7-2-4-9;1-5(2,3)7-4-6/h7H,1-4,6H2,(H,8,10);4H,1-3H3. The Balaban J connectivity index is 0.000000325. The van der Waals surface area contributed by atoms with E-state index >= 15 is 0 Å². The Morgan fingerprint density at radius 3 is 2.24 bits per heavy atom. The Morgan fingerprint density at radius 2 is 1.94 bits per heavy atom. The van der Waals surface area contributed by atoms with E-state index in [1.54, 1.807) is 4.90 Å². The number of urea groups is 1. The first-order chi connectivity index (χ1) is 7.90. The van der Waals surface area contributed by atoms with Crippen molar-refractivity contribution in [2.45, 2.75) is 26.4 Å². The number of hydrogen-bond donors (Lipinski definition) is 3. The van der Waals surface area contributed by atoms with E-state index in [9.17, 15) is 9.59 Å². The predicted molar refractivity (Wildman–Crippen MR) is 64.1 cm³/mol. The smallest absolute Gasteiger partial charge is 0.331 e. The first kappa shape index (κ1) is 15.7. The molecule has 17 heavy (non-hydrogen) atoms. The van der Waals surface area contributed by atoms with Gasteiger partial charge in [0.1, 0.15) is 5.60 Å². The topological polar surface area (TPSA) is 96.7 Å². The molecule has 1 aliphatic rings. The first-order valence-electron chi connectivity index (χ1n) is 5.48. The Hall–Kier alpha value is -1.34. The highest BCUT2D eigenvalue weighted by Crippen LogP contribution is 2.02. The quantitative estimate of drug-likeness (QED) is 0.249. The molecule has 0 radical (unpaired) electrons. The Kier molecular flexibility index (Phi) is 7.24. The van der Waals surface area contributed by atoms with Gasteiger partial charge in [-0.3, -0.25) is 10.2 Å². The van der Waals surface area contributed by atoms with Crippen LogP contribution in [0, 0.1) is 0 Å². The van der Waals surface area contributed by atoms with Crippen LogP contribution in [0.1, 0.15) is 20.8 Å². The van der Waals surface area contributed by atoms with Gasteiger partial charge in [-0.25, -0.2) is 10.6 Å². The molecule has 0 aromatic carbocycles. The normalized spacial score (nSPS) is 15.4. The Bertz CT molecular complexity index is 234. The van der Waals surface area contributed by atoms with Crippen LogP contribution < -0.4 is 16.6 Å². The zero-order valence-electron chi connectivity index (χ0n) is 10.7. The van der Waals surface area contributed by atoms with E-state index in [-0.39, 0.29) is 11.6 Å². The Labute approximate surface area is 102 Å². The third-order valence-corrected chi connectivity index (χ3v) is 1.93. The van der Waals surface area contributed by atoms with Crippen molar-refractivity contribution in [3.05, 3.63) is 0 Å². The van der Waals surface area contributed by atoms with Crippen LogP contribution in [0.15, 0.2) is 0 Å². The maximum absolute atomic E-state index is 10.8. The summed E-state index contributed by atoms with van der Waals surface area (Å²) in [4.78, 5) is 22.1. The second-order valence-electron chi connectivity index (χ2n) is 4.51. The summed E-state index contributed by atoms with van der Waals surface area (Å²) in [5.74, 6) is 4.94. The fourth-order valence-corrected chi connectivity index (χ4v) is 1.10. The molecule has 0 aromatic rings. The molecule has 2 amide bonds. The summed E-state index contributed by atoms with van der Waals surface area (Å²) in [6.07, 6.45) is 0. The highest BCUT2D eigenvalue weighted by molar-refractivity contribution is 5.73. The molecule has 0 saturated carbocycles. The zero-order chi connectivity index (χ0) is 13.3. The molecule has 0 spiro atoms. The van der Waals surface area contributed by atoms with Crippen molar-refractivity contribution in [2.24, 2.45) is 5.84 Å². The van der Waals surface area contributed by atoms with Gasteiger partial charge in [-0.05, 0) is 20.8 Å². The SMILES string of the molecule is CC(C)(C)OC=O.NNC(=O)N1CCNCC1. The van der Waals surface area contributed by atoms with Gasteiger partial charge in [0, 0.05) is 26.2 Å². The summed E-state index contributed by atoms with van der Waals surface area (Å²) in [6, 6.07) is -0.193. The number of nitrogens with one attached hydrogen (secondary N) is 2. The number of hydrazine groups is 1. The molecule has 0 bridgehead atoms. The van der Waals surface area contributed by atoms with E-state index in [1.807, 2.05) is 20.8 Å². The van der Waals surface area contributed by atoms with Gasteiger partial charge in [0.15, 0.2) is 0 Å². The molecule has 1 saturated heterocycles. The molecule has 4 N–H and O–H groups in total. The third-order valence-electron chi connectivity index (χ3n) is 1.93. The monoisotopic (exact) mass is 246 g/mol. The highest BCUT2D eigenvalue weighted by atomic mass is 16.5.